The summed E-state index contributed by atoms with van der Waals surface area (Å²) in [4.78, 5) is 23.6. The molecular formula is C16H13F2IN2O2. The zero-order valence-electron chi connectivity index (χ0n) is 11.9. The molecule has 0 heterocycles. The third-order valence-corrected chi connectivity index (χ3v) is 3.71. The Kier molecular flexibility index (Phi) is 6.03. The number of rotatable bonds is 5. The van der Waals surface area contributed by atoms with Gasteiger partial charge in [-0.3, -0.25) is 9.59 Å². The van der Waals surface area contributed by atoms with Gasteiger partial charge in [-0.15, -0.1) is 0 Å². The van der Waals surface area contributed by atoms with Gasteiger partial charge in [0.2, 0.25) is 0 Å². The van der Waals surface area contributed by atoms with Crippen LogP contribution in [0.5, 0.6) is 0 Å². The fraction of sp³-hybridized carbons (Fsp3) is 0.125. The van der Waals surface area contributed by atoms with Gasteiger partial charge in [-0.2, -0.15) is 0 Å². The van der Waals surface area contributed by atoms with Gasteiger partial charge < -0.3 is 10.6 Å². The third-order valence-electron chi connectivity index (χ3n) is 2.99. The molecule has 0 radical (unpaired) electrons. The number of hydrogen-bond acceptors (Lipinski definition) is 2. The van der Waals surface area contributed by atoms with E-state index in [2.05, 4.69) is 33.2 Å². The van der Waals surface area contributed by atoms with Crippen LogP contribution in [0.15, 0.2) is 42.5 Å². The lowest BCUT2D eigenvalue weighted by molar-refractivity contribution is 0.0922. The highest BCUT2D eigenvalue weighted by molar-refractivity contribution is 14.1. The maximum atomic E-state index is 13.4. The first kappa shape index (κ1) is 17.3. The van der Waals surface area contributed by atoms with Gasteiger partial charge >= 0.3 is 0 Å². The van der Waals surface area contributed by atoms with E-state index in [0.29, 0.717) is 5.56 Å². The lowest BCUT2D eigenvalue weighted by atomic mass is 10.2. The molecule has 2 rings (SSSR count). The van der Waals surface area contributed by atoms with Crippen molar-refractivity contribution in [3.05, 3.63) is 68.8 Å². The predicted octanol–water partition coefficient (Wildman–Crippen LogP) is 2.73. The SMILES string of the molecule is O=C(NCCNC(=O)c1c(F)cccc1F)c1ccc(I)cc1. The van der Waals surface area contributed by atoms with Crippen LogP contribution >= 0.6 is 22.6 Å². The maximum absolute atomic E-state index is 13.4. The summed E-state index contributed by atoms with van der Waals surface area (Å²) in [5, 5.41) is 4.97. The molecule has 2 N–H and O–H groups in total. The molecule has 0 spiro atoms. The fourth-order valence-corrected chi connectivity index (χ4v) is 2.22. The van der Waals surface area contributed by atoms with Crippen molar-refractivity contribution < 1.29 is 18.4 Å². The van der Waals surface area contributed by atoms with E-state index < -0.39 is 23.1 Å². The number of hydrogen-bond donors (Lipinski definition) is 2. The van der Waals surface area contributed by atoms with Crippen LogP contribution in [0.1, 0.15) is 20.7 Å². The van der Waals surface area contributed by atoms with E-state index in [1.807, 2.05) is 0 Å². The van der Waals surface area contributed by atoms with Crippen LogP contribution in [0.3, 0.4) is 0 Å². The van der Waals surface area contributed by atoms with Gasteiger partial charge in [0.05, 0.1) is 0 Å². The summed E-state index contributed by atoms with van der Waals surface area (Å²) >= 11 is 2.13. The molecule has 7 heteroatoms. The van der Waals surface area contributed by atoms with Gasteiger partial charge in [0.1, 0.15) is 17.2 Å². The molecule has 2 aromatic carbocycles. The quantitative estimate of drug-likeness (QED) is 0.567. The Balaban J connectivity index is 1.82. The highest BCUT2D eigenvalue weighted by Crippen LogP contribution is 2.11. The summed E-state index contributed by atoms with van der Waals surface area (Å²) < 4.78 is 27.9. The first-order chi connectivity index (χ1) is 11.0. The number of benzene rings is 2. The molecule has 0 saturated heterocycles. The van der Waals surface area contributed by atoms with Crippen LogP contribution in [0.25, 0.3) is 0 Å². The summed E-state index contributed by atoms with van der Waals surface area (Å²) in [7, 11) is 0. The predicted molar refractivity (Wildman–Crippen MR) is 90.2 cm³/mol. The van der Waals surface area contributed by atoms with E-state index in [1.54, 1.807) is 24.3 Å². The van der Waals surface area contributed by atoms with Gasteiger partial charge in [0, 0.05) is 22.2 Å². The number of amides is 2. The van der Waals surface area contributed by atoms with E-state index >= 15 is 0 Å². The van der Waals surface area contributed by atoms with Crippen molar-refractivity contribution in [3.8, 4) is 0 Å². The van der Waals surface area contributed by atoms with E-state index in [-0.39, 0.29) is 19.0 Å². The highest BCUT2D eigenvalue weighted by Gasteiger charge is 2.16. The molecule has 0 bridgehead atoms. The Bertz CT molecular complexity index is 700. The second-order valence-corrected chi connectivity index (χ2v) is 5.86. The summed E-state index contributed by atoms with van der Waals surface area (Å²) in [6, 6.07) is 10.2. The van der Waals surface area contributed by atoms with E-state index in [9.17, 15) is 18.4 Å². The summed E-state index contributed by atoms with van der Waals surface area (Å²) in [5.74, 6) is -2.99. The minimum Gasteiger partial charge on any atom is -0.350 e. The van der Waals surface area contributed by atoms with Crippen molar-refractivity contribution in [1.29, 1.82) is 0 Å². The standard InChI is InChI=1S/C16H13F2IN2O2/c17-12-2-1-3-13(18)14(12)16(23)21-9-8-20-15(22)10-4-6-11(19)7-5-10/h1-7H,8-9H2,(H,20,22)(H,21,23). The van der Waals surface area contributed by atoms with E-state index in [1.165, 1.54) is 6.07 Å². The molecule has 0 aliphatic heterocycles. The topological polar surface area (TPSA) is 58.2 Å². The zero-order valence-corrected chi connectivity index (χ0v) is 14.1. The average molecular weight is 430 g/mol. The highest BCUT2D eigenvalue weighted by atomic mass is 127. The Labute approximate surface area is 145 Å². The van der Waals surface area contributed by atoms with Crippen molar-refractivity contribution in [2.24, 2.45) is 0 Å². The molecule has 2 aromatic rings. The summed E-state index contributed by atoms with van der Waals surface area (Å²) in [6.07, 6.45) is 0. The maximum Gasteiger partial charge on any atom is 0.257 e. The van der Waals surface area contributed by atoms with Crippen LogP contribution in [0.2, 0.25) is 0 Å². The van der Waals surface area contributed by atoms with Crippen molar-refractivity contribution in [2.45, 2.75) is 0 Å². The molecule has 0 saturated carbocycles. The fourth-order valence-electron chi connectivity index (χ4n) is 1.86. The Morgan fingerprint density at radius 2 is 1.39 bits per heavy atom. The first-order valence-corrected chi connectivity index (χ1v) is 7.83. The van der Waals surface area contributed by atoms with Crippen LogP contribution in [-0.2, 0) is 0 Å². The molecule has 0 unspecified atom stereocenters. The molecule has 0 aromatic heterocycles. The molecule has 0 atom stereocenters. The summed E-state index contributed by atoms with van der Waals surface area (Å²) in [5.41, 5.74) is -0.131. The van der Waals surface area contributed by atoms with Crippen LogP contribution in [-0.4, -0.2) is 24.9 Å². The zero-order chi connectivity index (χ0) is 16.8. The lowest BCUT2D eigenvalue weighted by Gasteiger charge is -2.08. The van der Waals surface area contributed by atoms with Crippen molar-refractivity contribution in [3.63, 3.8) is 0 Å². The van der Waals surface area contributed by atoms with Crippen molar-refractivity contribution in [1.82, 2.24) is 10.6 Å². The van der Waals surface area contributed by atoms with Gasteiger partial charge in [0.25, 0.3) is 11.8 Å². The van der Waals surface area contributed by atoms with Crippen molar-refractivity contribution >= 4 is 34.4 Å². The molecule has 120 valence electrons. The van der Waals surface area contributed by atoms with Gasteiger partial charge in [-0.25, -0.2) is 8.78 Å². The molecule has 4 nitrogen and oxygen atoms in total. The van der Waals surface area contributed by atoms with Crippen LogP contribution in [0.4, 0.5) is 8.78 Å². The third kappa shape index (κ3) is 4.72. The first-order valence-electron chi connectivity index (χ1n) is 6.75. The molecule has 23 heavy (non-hydrogen) atoms. The smallest absolute Gasteiger partial charge is 0.257 e. The van der Waals surface area contributed by atoms with E-state index in [0.717, 1.165) is 15.7 Å². The normalized spacial score (nSPS) is 10.2. The monoisotopic (exact) mass is 430 g/mol. The second-order valence-electron chi connectivity index (χ2n) is 4.62. The lowest BCUT2D eigenvalue weighted by Crippen LogP contribution is -2.35. The number of nitrogens with one attached hydrogen (secondary N) is 2. The van der Waals surface area contributed by atoms with Gasteiger partial charge in [-0.05, 0) is 59.0 Å². The Hall–Kier alpha value is -2.03. The van der Waals surface area contributed by atoms with Crippen LogP contribution in [0, 0.1) is 15.2 Å². The molecule has 0 aliphatic carbocycles. The van der Waals surface area contributed by atoms with Crippen LogP contribution < -0.4 is 10.6 Å². The van der Waals surface area contributed by atoms with E-state index in [4.69, 9.17) is 0 Å². The van der Waals surface area contributed by atoms with Gasteiger partial charge in [0.15, 0.2) is 0 Å². The number of halogens is 3. The molecule has 0 fully saturated rings. The summed E-state index contributed by atoms with van der Waals surface area (Å²) in [6.45, 7) is 0.204. The molecule has 2 amide bonds. The molecule has 0 aliphatic rings. The second kappa shape index (κ2) is 8.00. The molecular weight excluding hydrogens is 417 g/mol. The van der Waals surface area contributed by atoms with Crippen molar-refractivity contribution in [2.75, 3.05) is 13.1 Å². The Morgan fingerprint density at radius 3 is 1.96 bits per heavy atom. The minimum atomic E-state index is -0.926. The largest absolute Gasteiger partial charge is 0.350 e. The Morgan fingerprint density at radius 1 is 0.870 bits per heavy atom. The minimum absolute atomic E-state index is 0.0582. The number of carbonyl (C=O) groups excluding carboxylic acids is 2. The average Bonchev–Trinajstić information content (AvgIpc) is 2.52. The number of carbonyl (C=O) groups is 2. The van der Waals surface area contributed by atoms with Gasteiger partial charge in [-0.1, -0.05) is 6.07 Å².